The number of rotatable bonds is 7. The SMILES string of the molecule is C=CCN1CCC(C2CCNc3c(C(N)=O)c(-c4ccc(Oc5ccccc5)cc4)nn32)CC1. The maximum atomic E-state index is 12.5. The number of nitrogens with two attached hydrogens (primary N) is 1. The lowest BCUT2D eigenvalue weighted by atomic mass is 9.87. The van der Waals surface area contributed by atoms with Crippen LogP contribution >= 0.6 is 0 Å². The second kappa shape index (κ2) is 9.73. The Hall–Kier alpha value is -3.58. The zero-order valence-electron chi connectivity index (χ0n) is 19.3. The van der Waals surface area contributed by atoms with Crippen molar-refractivity contribution in [3.63, 3.8) is 0 Å². The molecule has 1 aromatic heterocycles. The van der Waals surface area contributed by atoms with Crippen LogP contribution in [-0.2, 0) is 0 Å². The fraction of sp³-hybridized carbons (Fsp3) is 0.333. The zero-order valence-corrected chi connectivity index (χ0v) is 19.3. The number of hydrogen-bond donors (Lipinski definition) is 2. The Bertz CT molecular complexity index is 1150. The van der Waals surface area contributed by atoms with Gasteiger partial charge in [-0.05, 0) is 74.7 Å². The van der Waals surface area contributed by atoms with Gasteiger partial charge in [-0.15, -0.1) is 6.58 Å². The molecule has 7 nitrogen and oxygen atoms in total. The average molecular weight is 458 g/mol. The molecule has 1 atom stereocenters. The number of fused-ring (bicyclic) bond motifs is 1. The summed E-state index contributed by atoms with van der Waals surface area (Å²) in [6.07, 6.45) is 5.19. The fourth-order valence-corrected chi connectivity index (χ4v) is 5.18. The van der Waals surface area contributed by atoms with Crippen molar-refractivity contribution in [3.05, 3.63) is 72.8 Å². The molecule has 1 unspecified atom stereocenters. The number of primary amides is 1. The van der Waals surface area contributed by atoms with Crippen LogP contribution in [0.1, 0.15) is 35.7 Å². The number of para-hydroxylation sites is 1. The largest absolute Gasteiger partial charge is 0.457 e. The molecule has 7 heteroatoms. The first-order valence-corrected chi connectivity index (χ1v) is 12.0. The highest BCUT2D eigenvalue weighted by Gasteiger charge is 2.35. The third-order valence-corrected chi connectivity index (χ3v) is 6.87. The molecule has 176 valence electrons. The summed E-state index contributed by atoms with van der Waals surface area (Å²) in [4.78, 5) is 15.0. The van der Waals surface area contributed by atoms with Crippen LogP contribution in [0.25, 0.3) is 11.3 Å². The first-order valence-electron chi connectivity index (χ1n) is 12.0. The van der Waals surface area contributed by atoms with Gasteiger partial charge in [-0.3, -0.25) is 9.69 Å². The van der Waals surface area contributed by atoms with Crippen LogP contribution in [0.15, 0.2) is 67.3 Å². The molecule has 0 saturated carbocycles. The summed E-state index contributed by atoms with van der Waals surface area (Å²) in [5, 5.41) is 8.35. The van der Waals surface area contributed by atoms with Crippen LogP contribution < -0.4 is 15.8 Å². The Morgan fingerprint density at radius 3 is 2.47 bits per heavy atom. The van der Waals surface area contributed by atoms with Crippen LogP contribution in [0.3, 0.4) is 0 Å². The molecular formula is C27H31N5O2. The second-order valence-electron chi connectivity index (χ2n) is 9.03. The van der Waals surface area contributed by atoms with Gasteiger partial charge in [0.05, 0.1) is 6.04 Å². The summed E-state index contributed by atoms with van der Waals surface area (Å²) in [6.45, 7) is 7.74. The van der Waals surface area contributed by atoms with Crippen LogP contribution in [-0.4, -0.2) is 46.8 Å². The Balaban J connectivity index is 1.42. The van der Waals surface area contributed by atoms with Gasteiger partial charge in [-0.1, -0.05) is 24.3 Å². The maximum absolute atomic E-state index is 12.5. The molecule has 0 radical (unpaired) electrons. The minimum Gasteiger partial charge on any atom is -0.457 e. The lowest BCUT2D eigenvalue weighted by Crippen LogP contribution is -2.39. The van der Waals surface area contributed by atoms with Crippen molar-refractivity contribution in [1.29, 1.82) is 0 Å². The van der Waals surface area contributed by atoms with Gasteiger partial charge in [0.25, 0.3) is 5.91 Å². The molecule has 1 amide bonds. The molecule has 2 aromatic carbocycles. The Kier molecular flexibility index (Phi) is 6.36. The normalized spacial score (nSPS) is 18.6. The highest BCUT2D eigenvalue weighted by molar-refractivity contribution is 6.03. The van der Waals surface area contributed by atoms with E-state index in [1.807, 2.05) is 65.4 Å². The lowest BCUT2D eigenvalue weighted by Gasteiger charge is -2.38. The van der Waals surface area contributed by atoms with Gasteiger partial charge in [0.1, 0.15) is 28.6 Å². The van der Waals surface area contributed by atoms with Crippen molar-refractivity contribution in [1.82, 2.24) is 14.7 Å². The summed E-state index contributed by atoms with van der Waals surface area (Å²) in [5.41, 5.74) is 7.79. The van der Waals surface area contributed by atoms with Crippen molar-refractivity contribution < 1.29 is 9.53 Å². The van der Waals surface area contributed by atoms with E-state index in [4.69, 9.17) is 15.6 Å². The molecule has 1 saturated heterocycles. The molecular weight excluding hydrogens is 426 g/mol. The van der Waals surface area contributed by atoms with Crippen LogP contribution in [0.5, 0.6) is 11.5 Å². The number of likely N-dealkylation sites (tertiary alicyclic amines) is 1. The Morgan fingerprint density at radius 1 is 1.09 bits per heavy atom. The number of carbonyl (C=O) groups is 1. The molecule has 3 aromatic rings. The van der Waals surface area contributed by atoms with E-state index in [0.29, 0.717) is 17.2 Å². The Labute approximate surface area is 200 Å². The maximum Gasteiger partial charge on any atom is 0.254 e. The van der Waals surface area contributed by atoms with Crippen LogP contribution in [0.4, 0.5) is 5.82 Å². The van der Waals surface area contributed by atoms with E-state index in [1.54, 1.807) is 0 Å². The summed E-state index contributed by atoms with van der Waals surface area (Å²) >= 11 is 0. The molecule has 0 spiro atoms. The van der Waals surface area contributed by atoms with Gasteiger partial charge in [0.15, 0.2) is 0 Å². The summed E-state index contributed by atoms with van der Waals surface area (Å²) in [7, 11) is 0. The van der Waals surface area contributed by atoms with E-state index in [1.165, 1.54) is 0 Å². The predicted octanol–water partition coefficient (Wildman–Crippen LogP) is 4.70. The van der Waals surface area contributed by atoms with Gasteiger partial charge in [-0.25, -0.2) is 4.68 Å². The van der Waals surface area contributed by atoms with Crippen molar-refractivity contribution in [2.75, 3.05) is 31.5 Å². The molecule has 34 heavy (non-hydrogen) atoms. The van der Waals surface area contributed by atoms with E-state index in [2.05, 4.69) is 16.8 Å². The number of aromatic nitrogens is 2. The highest BCUT2D eigenvalue weighted by Crippen LogP contribution is 2.40. The monoisotopic (exact) mass is 457 g/mol. The number of amides is 1. The molecule has 2 aliphatic rings. The lowest BCUT2D eigenvalue weighted by molar-refractivity contribution is 0.100. The molecule has 2 aliphatic heterocycles. The van der Waals surface area contributed by atoms with Gasteiger partial charge in [0, 0.05) is 18.7 Å². The minimum absolute atomic E-state index is 0.259. The van der Waals surface area contributed by atoms with Gasteiger partial charge >= 0.3 is 0 Å². The van der Waals surface area contributed by atoms with Crippen molar-refractivity contribution in [2.45, 2.75) is 25.3 Å². The minimum atomic E-state index is -0.463. The fourth-order valence-electron chi connectivity index (χ4n) is 5.18. The Morgan fingerprint density at radius 2 is 1.79 bits per heavy atom. The van der Waals surface area contributed by atoms with E-state index in [0.717, 1.165) is 68.3 Å². The van der Waals surface area contributed by atoms with E-state index in [9.17, 15) is 4.79 Å². The third kappa shape index (κ3) is 4.43. The second-order valence-corrected chi connectivity index (χ2v) is 9.03. The third-order valence-electron chi connectivity index (χ3n) is 6.87. The zero-order chi connectivity index (χ0) is 23.5. The quantitative estimate of drug-likeness (QED) is 0.503. The number of nitrogens with one attached hydrogen (secondary N) is 1. The number of benzene rings is 2. The van der Waals surface area contributed by atoms with Crippen LogP contribution in [0, 0.1) is 5.92 Å². The molecule has 5 rings (SSSR count). The topological polar surface area (TPSA) is 85.4 Å². The smallest absolute Gasteiger partial charge is 0.254 e. The number of hydrogen-bond acceptors (Lipinski definition) is 5. The summed E-state index contributed by atoms with van der Waals surface area (Å²) in [6, 6.07) is 17.6. The molecule has 3 N–H and O–H groups in total. The number of carbonyl (C=O) groups excluding carboxylic acids is 1. The summed E-state index contributed by atoms with van der Waals surface area (Å²) < 4.78 is 7.94. The van der Waals surface area contributed by atoms with Crippen LogP contribution in [0.2, 0.25) is 0 Å². The van der Waals surface area contributed by atoms with Crippen molar-refractivity contribution >= 4 is 11.7 Å². The molecule has 0 aliphatic carbocycles. The van der Waals surface area contributed by atoms with E-state index >= 15 is 0 Å². The average Bonchev–Trinajstić information content (AvgIpc) is 3.26. The van der Waals surface area contributed by atoms with E-state index < -0.39 is 5.91 Å². The molecule has 0 bridgehead atoms. The predicted molar refractivity (Wildman–Crippen MR) is 134 cm³/mol. The van der Waals surface area contributed by atoms with Crippen molar-refractivity contribution in [3.8, 4) is 22.8 Å². The van der Waals surface area contributed by atoms with E-state index in [-0.39, 0.29) is 6.04 Å². The summed E-state index contributed by atoms with van der Waals surface area (Å²) in [5.74, 6) is 2.31. The number of piperidine rings is 1. The highest BCUT2D eigenvalue weighted by atomic mass is 16.5. The van der Waals surface area contributed by atoms with Gasteiger partial charge in [-0.2, -0.15) is 5.10 Å². The number of ether oxygens (including phenoxy) is 1. The number of nitrogens with zero attached hydrogens (tertiary/aromatic N) is 3. The molecule has 1 fully saturated rings. The number of anilines is 1. The first kappa shape index (κ1) is 22.2. The van der Waals surface area contributed by atoms with Gasteiger partial charge in [0.2, 0.25) is 0 Å². The molecule has 3 heterocycles. The first-order chi connectivity index (χ1) is 16.6. The standard InChI is InChI=1S/C27H31N5O2/c1-2-16-31-17-13-19(14-18-31)23-12-15-29-27-24(26(28)33)25(30-32(23)27)20-8-10-22(11-9-20)34-21-6-4-3-5-7-21/h2-11,19,23,29H,1,12-18H2,(H2,28,33). The van der Waals surface area contributed by atoms with Gasteiger partial charge < -0.3 is 15.8 Å². The van der Waals surface area contributed by atoms with Crippen molar-refractivity contribution in [2.24, 2.45) is 11.7 Å².